The molecule has 1 aliphatic rings. The van der Waals surface area contributed by atoms with Crippen molar-refractivity contribution in [3.8, 4) is 16.8 Å². The largest absolute Gasteiger partial charge is 0.310 e. The molecule has 0 aliphatic carbocycles. The standard InChI is InChI=1S/C43H32N2/c1-43(2)37-28-31(30-22-24-39-36(27-30)35-19-11-12-20-38(35)44(39)32-14-5-3-6-15-32)23-25-40(37)45(33-16-7-4-8-17-33)41-26-21-29-13-9-10-18-34(29)42(41)43/h3-28H,1-2H3. The number of hydrogen-bond acceptors (Lipinski definition) is 1. The van der Waals surface area contributed by atoms with E-state index >= 15 is 0 Å². The maximum atomic E-state index is 2.45. The van der Waals surface area contributed by atoms with Crippen LogP contribution < -0.4 is 4.90 Å². The number of hydrogen-bond donors (Lipinski definition) is 0. The molecule has 1 aliphatic heterocycles. The molecule has 2 heteroatoms. The number of anilines is 3. The normalized spacial score (nSPS) is 13.7. The molecule has 0 saturated heterocycles. The van der Waals surface area contributed by atoms with E-state index in [2.05, 4.69) is 181 Å². The molecule has 214 valence electrons. The lowest BCUT2D eigenvalue weighted by molar-refractivity contribution is 0.638. The summed E-state index contributed by atoms with van der Waals surface area (Å²) >= 11 is 0. The molecule has 8 aromatic rings. The van der Waals surface area contributed by atoms with Gasteiger partial charge in [0.05, 0.1) is 22.4 Å². The maximum absolute atomic E-state index is 2.45. The molecule has 2 heterocycles. The van der Waals surface area contributed by atoms with E-state index in [0.717, 1.165) is 0 Å². The highest BCUT2D eigenvalue weighted by atomic mass is 15.2. The van der Waals surface area contributed by atoms with Crippen LogP contribution >= 0.6 is 0 Å². The molecule has 0 bridgehead atoms. The molecule has 45 heavy (non-hydrogen) atoms. The van der Waals surface area contributed by atoms with Crippen LogP contribution in [0.2, 0.25) is 0 Å². The van der Waals surface area contributed by atoms with Gasteiger partial charge in [0.1, 0.15) is 0 Å². The summed E-state index contributed by atoms with van der Waals surface area (Å²) in [5, 5.41) is 5.13. The van der Waals surface area contributed by atoms with Crippen molar-refractivity contribution in [2.45, 2.75) is 19.3 Å². The molecule has 2 nitrogen and oxygen atoms in total. The van der Waals surface area contributed by atoms with Gasteiger partial charge in [0.2, 0.25) is 0 Å². The summed E-state index contributed by atoms with van der Waals surface area (Å²) < 4.78 is 2.38. The van der Waals surface area contributed by atoms with Crippen molar-refractivity contribution in [3.05, 3.63) is 169 Å². The fraction of sp³-hybridized carbons (Fsp3) is 0.0698. The minimum absolute atomic E-state index is 0.208. The van der Waals surface area contributed by atoms with E-state index in [1.165, 1.54) is 77.6 Å². The van der Waals surface area contributed by atoms with Gasteiger partial charge in [-0.3, -0.25) is 0 Å². The third-order valence-electron chi connectivity index (χ3n) is 9.72. The number of nitrogens with zero attached hydrogens (tertiary/aromatic N) is 2. The fourth-order valence-corrected chi connectivity index (χ4v) is 7.64. The van der Waals surface area contributed by atoms with Gasteiger partial charge in [-0.1, -0.05) is 111 Å². The van der Waals surface area contributed by atoms with Gasteiger partial charge in [-0.15, -0.1) is 0 Å². The smallest absolute Gasteiger partial charge is 0.0541 e. The Labute approximate surface area is 263 Å². The van der Waals surface area contributed by atoms with E-state index in [-0.39, 0.29) is 5.41 Å². The summed E-state index contributed by atoms with van der Waals surface area (Å²) in [6.07, 6.45) is 0. The highest BCUT2D eigenvalue weighted by Crippen LogP contribution is 2.54. The second-order valence-electron chi connectivity index (χ2n) is 12.6. The van der Waals surface area contributed by atoms with E-state index in [1.807, 2.05) is 0 Å². The summed E-state index contributed by atoms with van der Waals surface area (Å²) in [6, 6.07) is 57.6. The molecule has 0 atom stereocenters. The van der Waals surface area contributed by atoms with Gasteiger partial charge >= 0.3 is 0 Å². The number of para-hydroxylation sites is 3. The van der Waals surface area contributed by atoms with E-state index in [1.54, 1.807) is 0 Å². The Kier molecular flexibility index (Phi) is 5.58. The Morgan fingerprint density at radius 3 is 1.84 bits per heavy atom. The van der Waals surface area contributed by atoms with E-state index < -0.39 is 0 Å². The number of aromatic nitrogens is 1. The molecule has 0 unspecified atom stereocenters. The zero-order chi connectivity index (χ0) is 30.1. The molecular formula is C43H32N2. The molecule has 0 radical (unpaired) electrons. The van der Waals surface area contributed by atoms with Gasteiger partial charge in [-0.2, -0.15) is 0 Å². The minimum Gasteiger partial charge on any atom is -0.310 e. The van der Waals surface area contributed by atoms with E-state index in [0.29, 0.717) is 0 Å². The molecule has 0 amide bonds. The lowest BCUT2D eigenvalue weighted by Crippen LogP contribution is -2.31. The predicted octanol–water partition coefficient (Wildman–Crippen LogP) is 11.7. The van der Waals surface area contributed by atoms with Crippen molar-refractivity contribution in [1.82, 2.24) is 4.57 Å². The lowest BCUT2D eigenvalue weighted by atomic mass is 9.71. The van der Waals surface area contributed by atoms with Crippen LogP contribution in [0.4, 0.5) is 17.1 Å². The Morgan fingerprint density at radius 2 is 1.04 bits per heavy atom. The summed E-state index contributed by atoms with van der Waals surface area (Å²) in [5.74, 6) is 0. The van der Waals surface area contributed by atoms with Gasteiger partial charge in [-0.05, 0) is 93.7 Å². The van der Waals surface area contributed by atoms with Gasteiger partial charge in [-0.25, -0.2) is 0 Å². The molecule has 0 fully saturated rings. The van der Waals surface area contributed by atoms with Crippen LogP contribution in [0.5, 0.6) is 0 Å². The van der Waals surface area contributed by atoms with Gasteiger partial charge in [0.15, 0.2) is 0 Å². The first kappa shape index (κ1) is 25.9. The van der Waals surface area contributed by atoms with Gasteiger partial charge in [0, 0.05) is 27.6 Å². The Balaban J connectivity index is 1.27. The molecule has 7 aromatic carbocycles. The average Bonchev–Trinajstić information content (AvgIpc) is 3.42. The summed E-state index contributed by atoms with van der Waals surface area (Å²) in [4.78, 5) is 2.45. The van der Waals surface area contributed by atoms with Crippen molar-refractivity contribution in [2.24, 2.45) is 0 Å². The van der Waals surface area contributed by atoms with Crippen LogP contribution in [0.1, 0.15) is 25.0 Å². The fourth-order valence-electron chi connectivity index (χ4n) is 7.64. The van der Waals surface area contributed by atoms with Crippen molar-refractivity contribution in [2.75, 3.05) is 4.90 Å². The second kappa shape index (κ2) is 9.70. The molecule has 0 spiro atoms. The first-order chi connectivity index (χ1) is 22.1. The SMILES string of the molecule is CC1(C)c2cc(-c3ccc4c(c3)c3ccccc3n4-c3ccccc3)ccc2N(c2ccccc2)c2ccc3ccccc3c21. The first-order valence-corrected chi connectivity index (χ1v) is 15.7. The van der Waals surface area contributed by atoms with Crippen LogP contribution in [0.3, 0.4) is 0 Å². The Morgan fingerprint density at radius 1 is 0.444 bits per heavy atom. The third-order valence-corrected chi connectivity index (χ3v) is 9.72. The highest BCUT2D eigenvalue weighted by Gasteiger charge is 2.38. The molecule has 0 N–H and O–H groups in total. The topological polar surface area (TPSA) is 8.17 Å². The predicted molar refractivity (Wildman–Crippen MR) is 191 cm³/mol. The van der Waals surface area contributed by atoms with Crippen molar-refractivity contribution < 1.29 is 0 Å². The lowest BCUT2D eigenvalue weighted by Gasteiger charge is -2.43. The number of benzene rings is 7. The van der Waals surface area contributed by atoms with Crippen LogP contribution in [0, 0.1) is 0 Å². The maximum Gasteiger partial charge on any atom is 0.0541 e. The van der Waals surface area contributed by atoms with E-state index in [9.17, 15) is 0 Å². The van der Waals surface area contributed by atoms with Gasteiger partial charge < -0.3 is 9.47 Å². The summed E-state index contributed by atoms with van der Waals surface area (Å²) in [6.45, 7) is 4.78. The Hall–Kier alpha value is -5.60. The zero-order valence-electron chi connectivity index (χ0n) is 25.4. The number of fused-ring (bicyclic) bond motifs is 7. The molecule has 0 saturated carbocycles. The Bertz CT molecular complexity index is 2400. The van der Waals surface area contributed by atoms with Gasteiger partial charge in [0.25, 0.3) is 0 Å². The summed E-state index contributed by atoms with van der Waals surface area (Å²) in [5.41, 5.74) is 12.2. The molecule has 1 aromatic heterocycles. The zero-order valence-corrected chi connectivity index (χ0v) is 25.4. The average molecular weight is 577 g/mol. The quantitative estimate of drug-likeness (QED) is 0.203. The summed E-state index contributed by atoms with van der Waals surface area (Å²) in [7, 11) is 0. The highest BCUT2D eigenvalue weighted by molar-refractivity contribution is 6.10. The van der Waals surface area contributed by atoms with Crippen molar-refractivity contribution in [1.29, 1.82) is 0 Å². The van der Waals surface area contributed by atoms with Crippen LogP contribution in [0.25, 0.3) is 49.4 Å². The second-order valence-corrected chi connectivity index (χ2v) is 12.6. The van der Waals surface area contributed by atoms with E-state index in [4.69, 9.17) is 0 Å². The first-order valence-electron chi connectivity index (χ1n) is 15.7. The molecule has 9 rings (SSSR count). The van der Waals surface area contributed by atoms with Crippen LogP contribution in [0.15, 0.2) is 158 Å². The van der Waals surface area contributed by atoms with Crippen LogP contribution in [-0.2, 0) is 5.41 Å². The monoisotopic (exact) mass is 576 g/mol. The van der Waals surface area contributed by atoms with Crippen molar-refractivity contribution >= 4 is 49.6 Å². The van der Waals surface area contributed by atoms with Crippen molar-refractivity contribution in [3.63, 3.8) is 0 Å². The number of rotatable bonds is 3. The third kappa shape index (κ3) is 3.82. The molecular weight excluding hydrogens is 544 g/mol. The van der Waals surface area contributed by atoms with Crippen LogP contribution in [-0.4, -0.2) is 4.57 Å². The minimum atomic E-state index is -0.208.